The topological polar surface area (TPSA) is 175 Å². The number of allylic oxidation sites excluding steroid dienone is 14. The first-order chi connectivity index (χ1) is 36.6. The van der Waals surface area contributed by atoms with E-state index in [9.17, 15) is 34.5 Å². The first-order valence-electron chi connectivity index (χ1n) is 29.6. The van der Waals surface area contributed by atoms with Gasteiger partial charge in [-0.15, -0.1) is 0 Å². The van der Waals surface area contributed by atoms with Gasteiger partial charge >= 0.3 is 23.9 Å². The highest BCUT2D eigenvalue weighted by atomic mass is 16.7. The van der Waals surface area contributed by atoms with Gasteiger partial charge in [0.25, 0.3) is 0 Å². The monoisotopic (exact) mass is 1050 g/mol. The second-order valence-corrected chi connectivity index (χ2v) is 19.9. The van der Waals surface area contributed by atoms with Crippen molar-refractivity contribution in [3.05, 3.63) is 85.1 Å². The van der Waals surface area contributed by atoms with E-state index in [2.05, 4.69) is 106 Å². The van der Waals surface area contributed by atoms with Gasteiger partial charge in [0.15, 0.2) is 24.6 Å². The molecule has 0 aliphatic carbocycles. The zero-order chi connectivity index (χ0) is 54.7. The summed E-state index contributed by atoms with van der Waals surface area (Å²) in [5, 5.41) is 31.5. The lowest BCUT2D eigenvalue weighted by molar-refractivity contribution is -0.301. The molecule has 0 aromatic carbocycles. The lowest BCUT2D eigenvalue weighted by Gasteiger charge is -2.40. The third kappa shape index (κ3) is 40.8. The molecule has 0 spiro atoms. The summed E-state index contributed by atoms with van der Waals surface area (Å²) >= 11 is 0. The van der Waals surface area contributed by atoms with E-state index >= 15 is 0 Å². The van der Waals surface area contributed by atoms with E-state index in [4.69, 9.17) is 23.7 Å². The SMILES string of the molecule is CC/C=C\C/C=C\C/C=C\C/C=C\C/C=C\CCCCCC(=O)OC1C(OCC(COC(=O)CCCCCCC/C=C\CCCCCCCC)OC(=O)CCCCCCC/C=C\CCCC)OC(C(=O)O)C(O)C1O. The standard InChI is InChI=1S/C63H104O12/c1-4-7-10-13-16-19-22-24-26-27-28-29-31-33-36-39-42-45-48-51-57(66)74-61-59(68)58(67)60(62(69)70)75-63(61)72-53-54(73-56(65)50-47-44-41-38-34-21-18-15-12-9-6-3)52-71-55(64)49-46-43-40-37-35-32-30-25-23-20-17-14-11-8-5-2/h7,10,15-16,18-19,24-26,28-30,33,36,54,58-61,63,67-68H,4-6,8-9,11-14,17,20-23,27,31-32,34-35,37-53H2,1-3H3,(H,69,70)/b10-7-,18-15-,19-16-,26-24-,29-28-,30-25-,36-33-. The average molecular weight is 1050 g/mol. The molecule has 6 atom stereocenters. The summed E-state index contributed by atoms with van der Waals surface area (Å²) in [5.41, 5.74) is 0. The first kappa shape index (κ1) is 68.9. The maximum Gasteiger partial charge on any atom is 0.335 e. The maximum absolute atomic E-state index is 13.1. The molecule has 0 radical (unpaired) electrons. The summed E-state index contributed by atoms with van der Waals surface area (Å²) in [6, 6.07) is 0. The normalized spacial score (nSPS) is 18.8. The van der Waals surface area contributed by atoms with Crippen LogP contribution in [0, 0.1) is 0 Å². The number of ether oxygens (including phenoxy) is 5. The molecule has 1 saturated heterocycles. The third-order valence-corrected chi connectivity index (χ3v) is 12.9. The Morgan fingerprint density at radius 2 is 0.853 bits per heavy atom. The number of carboxylic acid groups (broad SMARTS) is 1. The Morgan fingerprint density at radius 1 is 0.453 bits per heavy atom. The van der Waals surface area contributed by atoms with E-state index in [0.29, 0.717) is 19.3 Å². The van der Waals surface area contributed by atoms with Crippen LogP contribution in [0.3, 0.4) is 0 Å². The largest absolute Gasteiger partial charge is 0.479 e. The van der Waals surface area contributed by atoms with Crippen molar-refractivity contribution in [1.29, 1.82) is 0 Å². The number of unbranched alkanes of at least 4 members (excludes halogenated alkanes) is 21. The van der Waals surface area contributed by atoms with Crippen LogP contribution < -0.4 is 0 Å². The second kappa shape index (κ2) is 50.7. The summed E-state index contributed by atoms with van der Waals surface area (Å²) in [6.45, 7) is 5.80. The van der Waals surface area contributed by atoms with Crippen molar-refractivity contribution in [2.75, 3.05) is 13.2 Å². The maximum atomic E-state index is 13.1. The van der Waals surface area contributed by atoms with Gasteiger partial charge in [-0.3, -0.25) is 14.4 Å². The lowest BCUT2D eigenvalue weighted by Crippen LogP contribution is -2.61. The molecular formula is C63H104O12. The number of esters is 3. The van der Waals surface area contributed by atoms with Crippen molar-refractivity contribution in [3.8, 4) is 0 Å². The van der Waals surface area contributed by atoms with Gasteiger partial charge in [0.2, 0.25) is 0 Å². The lowest BCUT2D eigenvalue weighted by atomic mass is 9.98. The Balaban J connectivity index is 2.70. The van der Waals surface area contributed by atoms with Crippen LogP contribution in [-0.2, 0) is 42.9 Å². The van der Waals surface area contributed by atoms with E-state index in [1.165, 1.54) is 51.4 Å². The molecule has 12 heteroatoms. The fraction of sp³-hybridized carbons (Fsp3) is 0.714. The fourth-order valence-corrected chi connectivity index (χ4v) is 8.37. The molecule has 75 heavy (non-hydrogen) atoms. The molecule has 0 aromatic rings. The van der Waals surface area contributed by atoms with Crippen LogP contribution in [0.25, 0.3) is 0 Å². The summed E-state index contributed by atoms with van der Waals surface area (Å²) < 4.78 is 28.4. The first-order valence-corrected chi connectivity index (χ1v) is 29.6. The average Bonchev–Trinajstić information content (AvgIpc) is 3.39. The van der Waals surface area contributed by atoms with Gasteiger partial charge in [-0.05, 0) is 109 Å². The Kier molecular flexibility index (Phi) is 46.6. The Morgan fingerprint density at radius 3 is 1.35 bits per heavy atom. The molecule has 0 aromatic heterocycles. The van der Waals surface area contributed by atoms with Crippen molar-refractivity contribution in [1.82, 2.24) is 0 Å². The zero-order valence-electron chi connectivity index (χ0n) is 47.0. The number of aliphatic hydroxyl groups excluding tert-OH is 2. The number of hydrogen-bond donors (Lipinski definition) is 3. The molecule has 1 aliphatic rings. The van der Waals surface area contributed by atoms with Crippen molar-refractivity contribution < 1.29 is 58.2 Å². The molecular weight excluding hydrogens is 949 g/mol. The summed E-state index contributed by atoms with van der Waals surface area (Å²) in [5.74, 6) is -3.19. The van der Waals surface area contributed by atoms with E-state index in [-0.39, 0.29) is 25.9 Å². The number of hydrogen-bond acceptors (Lipinski definition) is 11. The number of carbonyl (C=O) groups excluding carboxylic acids is 3. The van der Waals surface area contributed by atoms with Crippen LogP contribution in [0.5, 0.6) is 0 Å². The predicted molar refractivity (Wildman–Crippen MR) is 303 cm³/mol. The molecule has 428 valence electrons. The van der Waals surface area contributed by atoms with Crippen LogP contribution in [-0.4, -0.2) is 89.2 Å². The molecule has 0 saturated carbocycles. The number of carbonyl (C=O) groups is 4. The van der Waals surface area contributed by atoms with Crippen LogP contribution in [0.2, 0.25) is 0 Å². The number of carboxylic acids is 1. The van der Waals surface area contributed by atoms with Crippen molar-refractivity contribution in [2.24, 2.45) is 0 Å². The fourth-order valence-electron chi connectivity index (χ4n) is 8.37. The molecule has 6 unspecified atom stereocenters. The van der Waals surface area contributed by atoms with E-state index in [1.807, 2.05) is 0 Å². The molecule has 3 N–H and O–H groups in total. The van der Waals surface area contributed by atoms with Gasteiger partial charge in [-0.25, -0.2) is 4.79 Å². The number of aliphatic carboxylic acids is 1. The molecule has 0 amide bonds. The molecule has 1 fully saturated rings. The van der Waals surface area contributed by atoms with Gasteiger partial charge in [0.05, 0.1) is 6.61 Å². The van der Waals surface area contributed by atoms with E-state index in [0.717, 1.165) is 128 Å². The highest BCUT2D eigenvalue weighted by molar-refractivity contribution is 5.74. The second-order valence-electron chi connectivity index (χ2n) is 19.9. The zero-order valence-corrected chi connectivity index (χ0v) is 47.0. The van der Waals surface area contributed by atoms with Crippen molar-refractivity contribution in [2.45, 2.75) is 276 Å². The molecule has 0 bridgehead atoms. The minimum absolute atomic E-state index is 0.0169. The Hall–Kier alpha value is -4.10. The quantitative estimate of drug-likeness (QED) is 0.0228. The molecule has 12 nitrogen and oxygen atoms in total. The third-order valence-electron chi connectivity index (χ3n) is 12.9. The molecule has 1 rings (SSSR count). The molecule has 1 aliphatic heterocycles. The Labute approximate surface area is 454 Å². The van der Waals surface area contributed by atoms with Crippen molar-refractivity contribution in [3.63, 3.8) is 0 Å². The van der Waals surface area contributed by atoms with E-state index in [1.54, 1.807) is 0 Å². The van der Waals surface area contributed by atoms with Crippen LogP contribution in [0.15, 0.2) is 85.1 Å². The van der Waals surface area contributed by atoms with Gasteiger partial charge in [0, 0.05) is 19.3 Å². The van der Waals surface area contributed by atoms with Crippen molar-refractivity contribution >= 4 is 23.9 Å². The number of aliphatic hydroxyl groups is 2. The van der Waals surface area contributed by atoms with Gasteiger partial charge in [-0.1, -0.05) is 196 Å². The summed E-state index contributed by atoms with van der Waals surface area (Å²) in [4.78, 5) is 51.1. The smallest absolute Gasteiger partial charge is 0.335 e. The van der Waals surface area contributed by atoms with Gasteiger partial charge in [0.1, 0.15) is 18.8 Å². The Bertz CT molecular complexity index is 1630. The van der Waals surface area contributed by atoms with Crippen LogP contribution in [0.4, 0.5) is 0 Å². The number of rotatable bonds is 49. The van der Waals surface area contributed by atoms with Crippen LogP contribution in [0.1, 0.15) is 239 Å². The summed E-state index contributed by atoms with van der Waals surface area (Å²) in [6.07, 6.45) is 52.7. The highest BCUT2D eigenvalue weighted by Gasteiger charge is 2.50. The minimum Gasteiger partial charge on any atom is -0.479 e. The van der Waals surface area contributed by atoms with E-state index < -0.39 is 67.3 Å². The predicted octanol–water partition coefficient (Wildman–Crippen LogP) is 15.1. The summed E-state index contributed by atoms with van der Waals surface area (Å²) in [7, 11) is 0. The van der Waals surface area contributed by atoms with Gasteiger partial charge in [-0.2, -0.15) is 0 Å². The molecule has 1 heterocycles. The minimum atomic E-state index is -1.92. The van der Waals surface area contributed by atoms with Crippen LogP contribution >= 0.6 is 0 Å². The van der Waals surface area contributed by atoms with Gasteiger partial charge < -0.3 is 39.0 Å². The highest BCUT2D eigenvalue weighted by Crippen LogP contribution is 2.26.